The number of carbonyl (C=O) groups is 1. The first-order valence-corrected chi connectivity index (χ1v) is 8.85. The largest absolute Gasteiger partial charge is 0.374 e. The number of unbranched alkanes of at least 4 members (excludes halogenated alkanes) is 3. The summed E-state index contributed by atoms with van der Waals surface area (Å²) < 4.78 is 17.5. The Morgan fingerprint density at radius 1 is 0.957 bits per heavy atom. The third kappa shape index (κ3) is 10.5. The van der Waals surface area contributed by atoms with Crippen LogP contribution in [0, 0.1) is 0 Å². The Kier molecular flexibility index (Phi) is 13.0. The number of hydrogen-bond acceptors (Lipinski definition) is 4. The number of ether oxygens (including phenoxy) is 3. The smallest absolute Gasteiger partial charge is 0.276 e. The van der Waals surface area contributed by atoms with Gasteiger partial charge >= 0.3 is 0 Å². The Morgan fingerprint density at radius 2 is 1.43 bits per heavy atom. The zero-order valence-electron chi connectivity index (χ0n) is 15.4. The number of rotatable bonds is 15. The second-order valence-electron chi connectivity index (χ2n) is 5.80. The molecule has 1 N–H and O–H groups in total. The summed E-state index contributed by atoms with van der Waals surface area (Å²) in [4.78, 5) is 12.1. The van der Waals surface area contributed by atoms with Crippen LogP contribution in [0.5, 0.6) is 0 Å². The summed E-state index contributed by atoms with van der Waals surface area (Å²) in [7, 11) is 0. The Labute approximate surface area is 141 Å². The predicted molar refractivity (Wildman–Crippen MR) is 93.1 cm³/mol. The molecule has 0 aromatic carbocycles. The van der Waals surface area contributed by atoms with Crippen LogP contribution in [-0.4, -0.2) is 38.2 Å². The van der Waals surface area contributed by atoms with E-state index >= 15 is 0 Å². The van der Waals surface area contributed by atoms with Crippen molar-refractivity contribution in [1.82, 2.24) is 5.32 Å². The van der Waals surface area contributed by atoms with E-state index < -0.39 is 5.91 Å². The highest BCUT2D eigenvalue weighted by molar-refractivity contribution is 5.92. The van der Waals surface area contributed by atoms with Crippen molar-refractivity contribution in [2.24, 2.45) is 0 Å². The van der Waals surface area contributed by atoms with Gasteiger partial charge in [0.25, 0.3) is 5.91 Å². The molecule has 5 nitrogen and oxygen atoms in total. The molecular weight excluding hydrogens is 294 g/mol. The van der Waals surface area contributed by atoms with Gasteiger partial charge in [-0.05, 0) is 26.2 Å². The van der Waals surface area contributed by atoms with Crippen molar-refractivity contribution in [1.29, 1.82) is 0 Å². The molecule has 0 saturated carbocycles. The molecule has 0 atom stereocenters. The maximum absolute atomic E-state index is 12.1. The molecule has 23 heavy (non-hydrogen) atoms. The fourth-order valence-electron chi connectivity index (χ4n) is 1.73. The van der Waals surface area contributed by atoms with Gasteiger partial charge in [-0.3, -0.25) is 10.1 Å². The zero-order chi connectivity index (χ0) is 17.6. The standard InChI is InChI=1S/C18H35NO4/c1-6-9-12-21-15-18(22-13-10-7-2,23-14-11-8-3)19-17(20)16(4)5/h4,6-15H2,1-3,5H3,(H,19,20). The first-order valence-electron chi connectivity index (χ1n) is 8.85. The Hall–Kier alpha value is -0.910. The minimum atomic E-state index is -1.23. The molecule has 0 aliphatic rings. The Morgan fingerprint density at radius 3 is 1.87 bits per heavy atom. The number of carbonyl (C=O) groups excluding carboxylic acids is 1. The van der Waals surface area contributed by atoms with Gasteiger partial charge in [0.2, 0.25) is 5.91 Å². The van der Waals surface area contributed by atoms with Crippen LogP contribution in [-0.2, 0) is 19.0 Å². The number of hydrogen-bond donors (Lipinski definition) is 1. The second-order valence-corrected chi connectivity index (χ2v) is 5.80. The lowest BCUT2D eigenvalue weighted by molar-refractivity contribution is -0.276. The van der Waals surface area contributed by atoms with Crippen LogP contribution in [0.15, 0.2) is 12.2 Å². The summed E-state index contributed by atoms with van der Waals surface area (Å²) in [6, 6.07) is 0. The number of amides is 1. The third-order valence-corrected chi connectivity index (χ3v) is 3.29. The molecular formula is C18H35NO4. The normalized spacial score (nSPS) is 11.5. The first kappa shape index (κ1) is 22.1. The van der Waals surface area contributed by atoms with Crippen molar-refractivity contribution in [3.63, 3.8) is 0 Å². The zero-order valence-corrected chi connectivity index (χ0v) is 15.4. The lowest BCUT2D eigenvalue weighted by atomic mass is 10.3. The summed E-state index contributed by atoms with van der Waals surface area (Å²) in [6.45, 7) is 13.4. The highest BCUT2D eigenvalue weighted by Crippen LogP contribution is 2.15. The van der Waals surface area contributed by atoms with Gasteiger partial charge in [0.15, 0.2) is 0 Å². The molecule has 136 valence electrons. The van der Waals surface area contributed by atoms with Crippen molar-refractivity contribution in [2.45, 2.75) is 72.1 Å². The van der Waals surface area contributed by atoms with Crippen molar-refractivity contribution in [3.05, 3.63) is 12.2 Å². The lowest BCUT2D eigenvalue weighted by Gasteiger charge is -2.34. The van der Waals surface area contributed by atoms with Gasteiger partial charge in [-0.1, -0.05) is 46.6 Å². The van der Waals surface area contributed by atoms with Gasteiger partial charge in [0.05, 0.1) is 13.2 Å². The van der Waals surface area contributed by atoms with E-state index in [1.54, 1.807) is 6.92 Å². The Bertz CT molecular complexity index is 321. The highest BCUT2D eigenvalue weighted by Gasteiger charge is 2.35. The number of nitrogens with one attached hydrogen (secondary N) is 1. The van der Waals surface area contributed by atoms with E-state index in [0.717, 1.165) is 38.5 Å². The van der Waals surface area contributed by atoms with Gasteiger partial charge < -0.3 is 14.2 Å². The fourth-order valence-corrected chi connectivity index (χ4v) is 1.73. The van der Waals surface area contributed by atoms with E-state index in [4.69, 9.17) is 14.2 Å². The molecule has 0 aromatic heterocycles. The van der Waals surface area contributed by atoms with E-state index in [-0.39, 0.29) is 12.5 Å². The van der Waals surface area contributed by atoms with Crippen LogP contribution in [0.4, 0.5) is 0 Å². The highest BCUT2D eigenvalue weighted by atomic mass is 16.7. The van der Waals surface area contributed by atoms with Crippen molar-refractivity contribution >= 4 is 5.91 Å². The maximum Gasteiger partial charge on any atom is 0.276 e. The predicted octanol–water partition coefficient (Wildman–Crippen LogP) is 3.78. The van der Waals surface area contributed by atoms with E-state index in [9.17, 15) is 4.79 Å². The average molecular weight is 329 g/mol. The average Bonchev–Trinajstić information content (AvgIpc) is 2.52. The molecule has 0 saturated heterocycles. The molecule has 0 heterocycles. The summed E-state index contributed by atoms with van der Waals surface area (Å²) in [5, 5.41) is 2.82. The van der Waals surface area contributed by atoms with Crippen LogP contribution < -0.4 is 5.32 Å². The monoisotopic (exact) mass is 329 g/mol. The fraction of sp³-hybridized carbons (Fsp3) is 0.833. The Balaban J connectivity index is 4.90. The van der Waals surface area contributed by atoms with Crippen molar-refractivity contribution in [3.8, 4) is 0 Å². The van der Waals surface area contributed by atoms with E-state index in [2.05, 4.69) is 32.7 Å². The van der Waals surface area contributed by atoms with E-state index in [1.165, 1.54) is 0 Å². The summed E-state index contributed by atoms with van der Waals surface area (Å²) >= 11 is 0. The molecule has 0 rings (SSSR count). The van der Waals surface area contributed by atoms with Crippen LogP contribution in [0.1, 0.15) is 66.2 Å². The second kappa shape index (κ2) is 13.5. The quantitative estimate of drug-likeness (QED) is 0.282. The SMILES string of the molecule is C=C(C)C(=O)NC(COCCCC)(OCCCC)OCCCC. The molecule has 0 aliphatic carbocycles. The minimum Gasteiger partial charge on any atom is -0.374 e. The molecule has 0 aliphatic heterocycles. The molecule has 1 amide bonds. The molecule has 0 aromatic rings. The molecule has 5 heteroatoms. The molecule has 0 radical (unpaired) electrons. The van der Waals surface area contributed by atoms with Crippen LogP contribution in [0.25, 0.3) is 0 Å². The van der Waals surface area contributed by atoms with E-state index in [0.29, 0.717) is 25.4 Å². The van der Waals surface area contributed by atoms with E-state index in [1.807, 2.05) is 0 Å². The van der Waals surface area contributed by atoms with Crippen LogP contribution >= 0.6 is 0 Å². The summed E-state index contributed by atoms with van der Waals surface area (Å²) in [5.41, 5.74) is 0.418. The molecule has 0 unspecified atom stereocenters. The minimum absolute atomic E-state index is 0.180. The topological polar surface area (TPSA) is 56.8 Å². The first-order chi connectivity index (χ1) is 11.0. The lowest BCUT2D eigenvalue weighted by Crippen LogP contribution is -2.56. The van der Waals surface area contributed by atoms with Gasteiger partial charge in [-0.15, -0.1) is 0 Å². The van der Waals surface area contributed by atoms with Gasteiger partial charge in [0.1, 0.15) is 6.61 Å². The molecule has 0 bridgehead atoms. The van der Waals surface area contributed by atoms with Gasteiger partial charge in [0, 0.05) is 12.2 Å². The molecule has 0 spiro atoms. The summed E-state index contributed by atoms with van der Waals surface area (Å²) in [6.07, 6.45) is 5.84. The van der Waals surface area contributed by atoms with Crippen LogP contribution in [0.2, 0.25) is 0 Å². The maximum atomic E-state index is 12.1. The van der Waals surface area contributed by atoms with Crippen LogP contribution in [0.3, 0.4) is 0 Å². The van der Waals surface area contributed by atoms with Crippen molar-refractivity contribution in [2.75, 3.05) is 26.4 Å². The third-order valence-electron chi connectivity index (χ3n) is 3.29. The summed E-state index contributed by atoms with van der Waals surface area (Å²) in [5.74, 6) is -1.51. The molecule has 0 fully saturated rings. The van der Waals surface area contributed by atoms with Gasteiger partial charge in [-0.2, -0.15) is 0 Å². The van der Waals surface area contributed by atoms with Crippen molar-refractivity contribution < 1.29 is 19.0 Å². The van der Waals surface area contributed by atoms with Gasteiger partial charge in [-0.25, -0.2) is 0 Å².